The summed E-state index contributed by atoms with van der Waals surface area (Å²) in [5.41, 5.74) is 1.92. The second-order valence-electron chi connectivity index (χ2n) is 5.58. The number of hydrogen-bond donors (Lipinski definition) is 1. The van der Waals surface area contributed by atoms with Gasteiger partial charge in [0.05, 0.1) is 11.1 Å². The Morgan fingerprint density at radius 3 is 2.90 bits per heavy atom. The molecule has 2 unspecified atom stereocenters. The van der Waals surface area contributed by atoms with Crippen molar-refractivity contribution in [1.29, 1.82) is 0 Å². The molecule has 2 aromatic rings. The molecule has 4 heteroatoms. The number of benzene rings is 1. The van der Waals surface area contributed by atoms with Gasteiger partial charge in [-0.05, 0) is 30.9 Å². The van der Waals surface area contributed by atoms with Crippen LogP contribution in [0.25, 0.3) is 11.0 Å². The summed E-state index contributed by atoms with van der Waals surface area (Å²) in [5, 5.41) is 9.30. The molecule has 0 bridgehead atoms. The molecule has 1 aromatic heterocycles. The molecule has 3 rings (SSSR count). The van der Waals surface area contributed by atoms with Crippen molar-refractivity contribution >= 4 is 17.0 Å². The molecule has 0 amide bonds. The molecule has 0 saturated heterocycles. The van der Waals surface area contributed by atoms with Gasteiger partial charge in [-0.15, -0.1) is 0 Å². The zero-order chi connectivity index (χ0) is 14.3. The van der Waals surface area contributed by atoms with Crippen LogP contribution in [0.3, 0.4) is 0 Å². The summed E-state index contributed by atoms with van der Waals surface area (Å²) in [4.78, 5) is 15.9. The summed E-state index contributed by atoms with van der Waals surface area (Å²) in [7, 11) is 0. The number of aromatic carboxylic acids is 1. The second kappa shape index (κ2) is 4.93. The first-order valence-corrected chi connectivity index (χ1v) is 7.40. The van der Waals surface area contributed by atoms with E-state index in [0.29, 0.717) is 17.1 Å². The number of imidazole rings is 1. The summed E-state index contributed by atoms with van der Waals surface area (Å²) < 4.78 is 2.28. The fraction of sp³-hybridized carbons (Fsp3) is 0.500. The van der Waals surface area contributed by atoms with Crippen LogP contribution in [0.1, 0.15) is 55.3 Å². The van der Waals surface area contributed by atoms with E-state index in [1.54, 1.807) is 6.07 Å². The summed E-state index contributed by atoms with van der Waals surface area (Å²) >= 11 is 0. The lowest BCUT2D eigenvalue weighted by atomic mass is 10.2. The van der Waals surface area contributed by atoms with Gasteiger partial charge in [-0.2, -0.15) is 0 Å². The predicted molar refractivity (Wildman–Crippen MR) is 78.1 cm³/mol. The normalized spacial score (nSPS) is 21.3. The van der Waals surface area contributed by atoms with Crippen LogP contribution < -0.4 is 0 Å². The maximum absolute atomic E-state index is 11.3. The minimum absolute atomic E-state index is 0.309. The van der Waals surface area contributed by atoms with Crippen LogP contribution in [0.5, 0.6) is 0 Å². The summed E-state index contributed by atoms with van der Waals surface area (Å²) in [6.45, 7) is 4.29. The number of carboxylic acids is 1. The highest BCUT2D eigenvalue weighted by atomic mass is 16.4. The van der Waals surface area contributed by atoms with E-state index in [9.17, 15) is 9.90 Å². The van der Waals surface area contributed by atoms with E-state index >= 15 is 0 Å². The molecule has 1 N–H and O–H groups in total. The average Bonchev–Trinajstić information content (AvgIpc) is 3.08. The van der Waals surface area contributed by atoms with Crippen molar-refractivity contribution in [2.45, 2.75) is 45.6 Å². The van der Waals surface area contributed by atoms with Crippen molar-refractivity contribution in [1.82, 2.24) is 9.55 Å². The number of aryl methyl sites for hydroxylation is 1. The zero-order valence-corrected chi connectivity index (χ0v) is 12.0. The van der Waals surface area contributed by atoms with Gasteiger partial charge in [-0.1, -0.05) is 26.3 Å². The third-order valence-corrected chi connectivity index (χ3v) is 4.22. The van der Waals surface area contributed by atoms with E-state index in [4.69, 9.17) is 0 Å². The second-order valence-corrected chi connectivity index (χ2v) is 5.58. The Labute approximate surface area is 118 Å². The average molecular weight is 272 g/mol. The number of rotatable bonds is 5. The Bertz CT molecular complexity index is 660. The van der Waals surface area contributed by atoms with Crippen molar-refractivity contribution in [2.75, 3.05) is 0 Å². The lowest BCUT2D eigenvalue weighted by Gasteiger charge is -2.07. The number of nitrogens with zero attached hydrogens (tertiary/aromatic N) is 2. The van der Waals surface area contributed by atoms with Gasteiger partial charge in [0.2, 0.25) is 0 Å². The Balaban J connectivity index is 2.12. The van der Waals surface area contributed by atoms with E-state index in [-0.39, 0.29) is 0 Å². The number of carboxylic acid groups (broad SMARTS) is 1. The summed E-state index contributed by atoms with van der Waals surface area (Å²) in [6.07, 6.45) is 4.48. The van der Waals surface area contributed by atoms with Crippen LogP contribution in [0.15, 0.2) is 18.2 Å². The zero-order valence-electron chi connectivity index (χ0n) is 12.0. The predicted octanol–water partition coefficient (Wildman–Crippen LogP) is 3.66. The van der Waals surface area contributed by atoms with Gasteiger partial charge in [-0.3, -0.25) is 0 Å². The first kappa shape index (κ1) is 13.2. The third kappa shape index (κ3) is 1.99. The summed E-state index contributed by atoms with van der Waals surface area (Å²) in [6, 6.07) is 5.97. The van der Waals surface area contributed by atoms with Gasteiger partial charge >= 0.3 is 5.97 Å². The van der Waals surface area contributed by atoms with Crippen molar-refractivity contribution in [2.24, 2.45) is 5.92 Å². The van der Waals surface area contributed by atoms with Crippen LogP contribution in [0.4, 0.5) is 0 Å². The van der Waals surface area contributed by atoms with E-state index in [1.807, 2.05) is 12.1 Å². The van der Waals surface area contributed by atoms with Crippen LogP contribution in [-0.2, 0) is 6.42 Å². The van der Waals surface area contributed by atoms with Crippen molar-refractivity contribution in [3.63, 3.8) is 0 Å². The molecule has 2 atom stereocenters. The standard InChI is InChI=1S/C16H20N2O2/c1-3-6-10-9-13(10)18-12-8-5-7-11(16(19)20)15(12)17-14(18)4-2/h5,7-8,10,13H,3-4,6,9H2,1-2H3,(H,19,20). The first-order chi connectivity index (χ1) is 9.67. The molecule has 0 spiro atoms. The molecule has 4 nitrogen and oxygen atoms in total. The van der Waals surface area contributed by atoms with E-state index in [1.165, 1.54) is 19.3 Å². The topological polar surface area (TPSA) is 55.1 Å². The van der Waals surface area contributed by atoms with Gasteiger partial charge in [0.1, 0.15) is 11.3 Å². The minimum Gasteiger partial charge on any atom is -0.478 e. The Morgan fingerprint density at radius 1 is 1.45 bits per heavy atom. The number of carbonyl (C=O) groups is 1. The highest BCUT2D eigenvalue weighted by molar-refractivity contribution is 6.01. The first-order valence-electron chi connectivity index (χ1n) is 7.40. The van der Waals surface area contributed by atoms with Crippen molar-refractivity contribution in [3.05, 3.63) is 29.6 Å². The van der Waals surface area contributed by atoms with Gasteiger partial charge in [0, 0.05) is 12.5 Å². The van der Waals surface area contributed by atoms with Crippen molar-refractivity contribution < 1.29 is 9.90 Å². The molecule has 0 aliphatic heterocycles. The molecule has 20 heavy (non-hydrogen) atoms. The van der Waals surface area contributed by atoms with Gasteiger partial charge < -0.3 is 9.67 Å². The Morgan fingerprint density at radius 2 is 2.25 bits per heavy atom. The largest absolute Gasteiger partial charge is 0.478 e. The molecular weight excluding hydrogens is 252 g/mol. The van der Waals surface area contributed by atoms with E-state index in [0.717, 1.165) is 23.7 Å². The molecule has 1 heterocycles. The smallest absolute Gasteiger partial charge is 0.337 e. The molecule has 1 aliphatic carbocycles. The maximum Gasteiger partial charge on any atom is 0.337 e. The number of para-hydroxylation sites is 1. The lowest BCUT2D eigenvalue weighted by molar-refractivity contribution is 0.0699. The number of hydrogen-bond acceptors (Lipinski definition) is 2. The fourth-order valence-corrected chi connectivity index (χ4v) is 3.19. The molecule has 1 aromatic carbocycles. The van der Waals surface area contributed by atoms with Gasteiger partial charge in [0.25, 0.3) is 0 Å². The molecule has 106 valence electrons. The van der Waals surface area contributed by atoms with Crippen LogP contribution in [0, 0.1) is 5.92 Å². The molecule has 1 saturated carbocycles. The van der Waals surface area contributed by atoms with Crippen LogP contribution >= 0.6 is 0 Å². The highest BCUT2D eigenvalue weighted by Gasteiger charge is 2.39. The Hall–Kier alpha value is -1.84. The van der Waals surface area contributed by atoms with Crippen molar-refractivity contribution in [3.8, 4) is 0 Å². The highest BCUT2D eigenvalue weighted by Crippen LogP contribution is 2.48. The molecular formula is C16H20N2O2. The SMILES string of the molecule is CCCC1CC1n1c(CC)nc2c(C(=O)O)cccc21. The number of aromatic nitrogens is 2. The van der Waals surface area contributed by atoms with E-state index < -0.39 is 5.97 Å². The minimum atomic E-state index is -0.899. The molecule has 0 radical (unpaired) electrons. The van der Waals surface area contributed by atoms with Gasteiger partial charge in [-0.25, -0.2) is 9.78 Å². The lowest BCUT2D eigenvalue weighted by Crippen LogP contribution is -2.02. The fourth-order valence-electron chi connectivity index (χ4n) is 3.19. The van der Waals surface area contributed by atoms with E-state index in [2.05, 4.69) is 23.4 Å². The summed E-state index contributed by atoms with van der Waals surface area (Å²) in [5.74, 6) is 0.845. The molecule has 1 fully saturated rings. The molecule has 1 aliphatic rings. The van der Waals surface area contributed by atoms with Crippen LogP contribution in [0.2, 0.25) is 0 Å². The third-order valence-electron chi connectivity index (χ3n) is 4.22. The van der Waals surface area contributed by atoms with Crippen LogP contribution in [-0.4, -0.2) is 20.6 Å². The maximum atomic E-state index is 11.3. The van der Waals surface area contributed by atoms with Gasteiger partial charge in [0.15, 0.2) is 0 Å². The number of fused-ring (bicyclic) bond motifs is 1. The quantitative estimate of drug-likeness (QED) is 0.903. The Kier molecular flexibility index (Phi) is 3.24. The monoisotopic (exact) mass is 272 g/mol.